The lowest BCUT2D eigenvalue weighted by Gasteiger charge is -2.17. The molecule has 0 bridgehead atoms. The molecule has 0 aromatic carbocycles. The Labute approximate surface area is 69.0 Å². The minimum atomic E-state index is 0.479. The van der Waals surface area contributed by atoms with Crippen molar-refractivity contribution < 1.29 is 0 Å². The van der Waals surface area contributed by atoms with Gasteiger partial charge in [0.2, 0.25) is 0 Å². The summed E-state index contributed by atoms with van der Waals surface area (Å²) in [5.74, 6) is 0.948. The fourth-order valence-corrected chi connectivity index (χ4v) is 1.97. The summed E-state index contributed by atoms with van der Waals surface area (Å²) < 4.78 is 0. The lowest BCUT2D eigenvalue weighted by molar-refractivity contribution is 0.407. The summed E-state index contributed by atoms with van der Waals surface area (Å²) in [5.41, 5.74) is 0. The normalized spacial score (nSPS) is 36.6. The first-order chi connectivity index (χ1) is 4.79. The molecule has 60 valence electrons. The zero-order valence-corrected chi connectivity index (χ0v) is 7.53. The van der Waals surface area contributed by atoms with Crippen LogP contribution in [-0.4, -0.2) is 5.38 Å². The van der Waals surface area contributed by atoms with Gasteiger partial charge in [-0.3, -0.25) is 0 Å². The van der Waals surface area contributed by atoms with E-state index in [2.05, 4.69) is 6.92 Å². The van der Waals surface area contributed by atoms with Crippen LogP contribution in [0.1, 0.15) is 45.4 Å². The van der Waals surface area contributed by atoms with Crippen molar-refractivity contribution in [3.05, 3.63) is 0 Å². The van der Waals surface area contributed by atoms with E-state index in [-0.39, 0.29) is 0 Å². The molecule has 0 nitrogen and oxygen atoms in total. The summed E-state index contributed by atoms with van der Waals surface area (Å²) in [7, 11) is 0. The van der Waals surface area contributed by atoms with E-state index in [1.807, 2.05) is 0 Å². The second-order valence-electron chi connectivity index (χ2n) is 3.56. The quantitative estimate of drug-likeness (QED) is 0.476. The first kappa shape index (κ1) is 8.39. The second-order valence-corrected chi connectivity index (χ2v) is 4.18. The van der Waals surface area contributed by atoms with Crippen LogP contribution < -0.4 is 0 Å². The van der Waals surface area contributed by atoms with Gasteiger partial charge >= 0.3 is 0 Å². The van der Waals surface area contributed by atoms with Crippen LogP contribution in [-0.2, 0) is 0 Å². The third-order valence-corrected chi connectivity index (χ3v) is 2.86. The maximum atomic E-state index is 6.04. The summed E-state index contributed by atoms with van der Waals surface area (Å²) in [6.45, 7) is 2.36. The molecule has 1 aliphatic rings. The van der Waals surface area contributed by atoms with Crippen molar-refractivity contribution in [1.29, 1.82) is 0 Å². The zero-order valence-electron chi connectivity index (χ0n) is 6.78. The first-order valence-electron chi connectivity index (χ1n) is 4.43. The van der Waals surface area contributed by atoms with Gasteiger partial charge < -0.3 is 0 Å². The monoisotopic (exact) mass is 160 g/mol. The Bertz CT molecular complexity index is 70.7. The van der Waals surface area contributed by atoms with Crippen molar-refractivity contribution in [1.82, 2.24) is 0 Å². The fourth-order valence-electron chi connectivity index (χ4n) is 1.66. The molecular formula is C9H17Cl. The highest BCUT2D eigenvalue weighted by Gasteiger charge is 2.11. The molecule has 0 aromatic rings. The molecule has 1 heteroatoms. The van der Waals surface area contributed by atoms with E-state index in [4.69, 9.17) is 11.6 Å². The Morgan fingerprint density at radius 1 is 1.00 bits per heavy atom. The smallest absolute Gasteiger partial charge is 0.0336 e. The van der Waals surface area contributed by atoms with Crippen LogP contribution in [0.3, 0.4) is 0 Å². The highest BCUT2D eigenvalue weighted by atomic mass is 35.5. The van der Waals surface area contributed by atoms with Gasteiger partial charge in [0.15, 0.2) is 0 Å². The van der Waals surface area contributed by atoms with Gasteiger partial charge in [0, 0.05) is 5.38 Å². The Balaban J connectivity index is 2.21. The van der Waals surface area contributed by atoms with Crippen LogP contribution in [0.15, 0.2) is 0 Å². The largest absolute Gasteiger partial charge is 0.123 e. The molecule has 0 heterocycles. The molecule has 1 fully saturated rings. The average molecular weight is 161 g/mol. The summed E-state index contributed by atoms with van der Waals surface area (Å²) in [6.07, 6.45) is 7.95. The van der Waals surface area contributed by atoms with Crippen LogP contribution in [0.2, 0.25) is 0 Å². The lowest BCUT2D eigenvalue weighted by Crippen LogP contribution is -2.06. The SMILES string of the molecule is CC1CCCC(Cl)CCC1. The first-order valence-corrected chi connectivity index (χ1v) is 4.86. The second kappa shape index (κ2) is 4.23. The zero-order chi connectivity index (χ0) is 7.40. The van der Waals surface area contributed by atoms with Gasteiger partial charge in [0.1, 0.15) is 0 Å². The molecule has 0 spiro atoms. The van der Waals surface area contributed by atoms with Crippen molar-refractivity contribution in [2.75, 3.05) is 0 Å². The minimum absolute atomic E-state index is 0.479. The van der Waals surface area contributed by atoms with Crippen LogP contribution >= 0.6 is 11.6 Å². The maximum Gasteiger partial charge on any atom is 0.0336 e. The molecule has 0 atom stereocenters. The number of hydrogen-bond acceptors (Lipinski definition) is 0. The molecule has 0 N–H and O–H groups in total. The van der Waals surface area contributed by atoms with Gasteiger partial charge in [-0.15, -0.1) is 11.6 Å². The van der Waals surface area contributed by atoms with E-state index in [1.54, 1.807) is 0 Å². The molecule has 0 unspecified atom stereocenters. The molecule has 10 heavy (non-hydrogen) atoms. The van der Waals surface area contributed by atoms with E-state index in [0.717, 1.165) is 5.92 Å². The van der Waals surface area contributed by atoms with E-state index in [0.29, 0.717) is 5.38 Å². The van der Waals surface area contributed by atoms with E-state index in [1.165, 1.54) is 38.5 Å². The molecule has 1 saturated carbocycles. The van der Waals surface area contributed by atoms with Crippen molar-refractivity contribution in [2.45, 2.75) is 50.8 Å². The van der Waals surface area contributed by atoms with E-state index in [9.17, 15) is 0 Å². The number of halogens is 1. The molecule has 0 radical (unpaired) electrons. The number of rotatable bonds is 0. The van der Waals surface area contributed by atoms with Crippen molar-refractivity contribution >= 4 is 11.6 Å². The van der Waals surface area contributed by atoms with E-state index < -0.39 is 0 Å². The lowest BCUT2D eigenvalue weighted by atomic mass is 9.93. The van der Waals surface area contributed by atoms with E-state index >= 15 is 0 Å². The third kappa shape index (κ3) is 2.92. The maximum absolute atomic E-state index is 6.04. The predicted molar refractivity (Wildman–Crippen MR) is 46.5 cm³/mol. The third-order valence-electron chi connectivity index (χ3n) is 2.43. The average Bonchev–Trinajstić information content (AvgIpc) is 1.84. The molecule has 0 aliphatic heterocycles. The Morgan fingerprint density at radius 3 is 2.00 bits per heavy atom. The summed E-state index contributed by atoms with van der Waals surface area (Å²) in [4.78, 5) is 0. The van der Waals surface area contributed by atoms with Crippen LogP contribution in [0.4, 0.5) is 0 Å². The van der Waals surface area contributed by atoms with Crippen LogP contribution in [0, 0.1) is 5.92 Å². The van der Waals surface area contributed by atoms with Crippen molar-refractivity contribution in [3.8, 4) is 0 Å². The van der Waals surface area contributed by atoms with Crippen LogP contribution in [0.25, 0.3) is 0 Å². The van der Waals surface area contributed by atoms with Crippen molar-refractivity contribution in [2.24, 2.45) is 5.92 Å². The van der Waals surface area contributed by atoms with Gasteiger partial charge in [-0.2, -0.15) is 0 Å². The Kier molecular flexibility index (Phi) is 3.55. The van der Waals surface area contributed by atoms with Gasteiger partial charge in [0.05, 0.1) is 0 Å². The molecule has 1 rings (SSSR count). The topological polar surface area (TPSA) is 0 Å². The standard InChI is InChI=1S/C9H17Cl/c1-8-4-2-6-9(10)7-3-5-8/h8-9H,2-7H2,1H3. The summed E-state index contributed by atoms with van der Waals surface area (Å²) in [5, 5.41) is 0.479. The molecule has 0 aromatic heterocycles. The molecule has 0 amide bonds. The van der Waals surface area contributed by atoms with Crippen molar-refractivity contribution in [3.63, 3.8) is 0 Å². The summed E-state index contributed by atoms with van der Waals surface area (Å²) in [6, 6.07) is 0. The minimum Gasteiger partial charge on any atom is -0.123 e. The van der Waals surface area contributed by atoms with Gasteiger partial charge in [-0.1, -0.05) is 32.6 Å². The fraction of sp³-hybridized carbons (Fsp3) is 1.00. The molecule has 1 aliphatic carbocycles. The highest BCUT2D eigenvalue weighted by Crippen LogP contribution is 2.24. The Morgan fingerprint density at radius 2 is 1.50 bits per heavy atom. The highest BCUT2D eigenvalue weighted by molar-refractivity contribution is 6.20. The number of alkyl halides is 1. The Hall–Kier alpha value is 0.290. The molecular weight excluding hydrogens is 144 g/mol. The van der Waals surface area contributed by atoms with Gasteiger partial charge in [0.25, 0.3) is 0 Å². The molecule has 0 saturated heterocycles. The summed E-state index contributed by atoms with van der Waals surface area (Å²) >= 11 is 6.04. The predicted octanol–water partition coefficient (Wildman–Crippen LogP) is 3.58. The van der Waals surface area contributed by atoms with Gasteiger partial charge in [-0.25, -0.2) is 0 Å². The number of hydrogen-bond donors (Lipinski definition) is 0. The van der Waals surface area contributed by atoms with Gasteiger partial charge in [-0.05, 0) is 18.8 Å². The van der Waals surface area contributed by atoms with Crippen LogP contribution in [0.5, 0.6) is 0 Å².